The second-order valence-corrected chi connectivity index (χ2v) is 12.5. The van der Waals surface area contributed by atoms with Gasteiger partial charge in [-0.1, -0.05) is 12.1 Å². The summed E-state index contributed by atoms with van der Waals surface area (Å²) < 4.78 is 31.5. The van der Waals surface area contributed by atoms with E-state index < -0.39 is 30.8 Å². The number of aryl methyl sites for hydroxylation is 1. The van der Waals surface area contributed by atoms with Gasteiger partial charge in [0.2, 0.25) is 0 Å². The number of hydrogen-bond acceptors (Lipinski definition) is 8. The van der Waals surface area contributed by atoms with Crippen LogP contribution in [-0.4, -0.2) is 51.7 Å². The van der Waals surface area contributed by atoms with Gasteiger partial charge in [0.1, 0.15) is 28.2 Å². The number of aliphatic hydroxyl groups excluding tert-OH is 1. The summed E-state index contributed by atoms with van der Waals surface area (Å²) in [7, 11) is -2.08. The zero-order valence-corrected chi connectivity index (χ0v) is 21.0. The van der Waals surface area contributed by atoms with E-state index in [1.54, 1.807) is 30.3 Å². The fourth-order valence-corrected chi connectivity index (χ4v) is 7.16. The second kappa shape index (κ2) is 8.97. The van der Waals surface area contributed by atoms with Gasteiger partial charge in [-0.25, -0.2) is 8.42 Å². The predicted octanol–water partition coefficient (Wildman–Crippen LogP) is 1.59. The minimum atomic E-state index is -3.59. The third kappa shape index (κ3) is 4.16. The lowest BCUT2D eigenvalue weighted by atomic mass is 10.1. The number of aromatic nitrogens is 2. The Hall–Kier alpha value is -3.75. The van der Waals surface area contributed by atoms with Gasteiger partial charge in [0, 0.05) is 25.9 Å². The summed E-state index contributed by atoms with van der Waals surface area (Å²) in [6.45, 7) is -0.300. The minimum absolute atomic E-state index is 0.0861. The first-order valence-corrected chi connectivity index (χ1v) is 13.4. The van der Waals surface area contributed by atoms with Crippen LogP contribution in [0, 0.1) is 11.3 Å². The molecule has 5 rings (SSSR count). The molecule has 0 atom stereocenters. The molecule has 11 heteroatoms. The smallest absolute Gasteiger partial charge is 0.263 e. The van der Waals surface area contributed by atoms with Crippen LogP contribution in [0.25, 0.3) is 11.0 Å². The van der Waals surface area contributed by atoms with Gasteiger partial charge >= 0.3 is 0 Å². The standard InChI is InChI=1S/C26H26N4O6S/c1-30-22-20(12-19(24(30)33)23(32)29-14-18-4-2-17(13-27)3-5-18)28-11-6-21(22)36-16-26(9-10-26)37(34,35)25(15-31)7-8-25/h2-6,11-12,31H,7-10,14-16H2,1H3,(H,29,32). The molecule has 2 N–H and O–H groups in total. The number of nitrogens with one attached hydrogen (secondary N) is 1. The molecule has 0 aliphatic heterocycles. The molecule has 192 valence electrons. The van der Waals surface area contributed by atoms with Gasteiger partial charge in [0.15, 0.2) is 9.84 Å². The number of nitriles is 1. The fraction of sp³-hybridized carbons (Fsp3) is 0.385. The van der Waals surface area contributed by atoms with Crippen molar-refractivity contribution in [1.29, 1.82) is 5.26 Å². The van der Waals surface area contributed by atoms with Crippen LogP contribution in [0.3, 0.4) is 0 Å². The maximum atomic E-state index is 13.2. The maximum Gasteiger partial charge on any atom is 0.263 e. The molecule has 2 aliphatic carbocycles. The van der Waals surface area contributed by atoms with E-state index in [2.05, 4.69) is 10.3 Å². The van der Waals surface area contributed by atoms with E-state index in [1.165, 1.54) is 23.9 Å². The summed E-state index contributed by atoms with van der Waals surface area (Å²) in [6.07, 6.45) is 3.31. The van der Waals surface area contributed by atoms with Crippen LogP contribution in [0.4, 0.5) is 0 Å². The largest absolute Gasteiger partial charge is 0.490 e. The first-order valence-electron chi connectivity index (χ1n) is 11.9. The Kier molecular flexibility index (Phi) is 6.04. The average molecular weight is 523 g/mol. The third-order valence-corrected chi connectivity index (χ3v) is 10.7. The SMILES string of the molecule is Cn1c(=O)c(C(=O)NCc2ccc(C#N)cc2)cc2nccc(OCC3(S(=O)(=O)C4(CO)CC4)CC3)c21. The van der Waals surface area contributed by atoms with Crippen molar-refractivity contribution in [2.24, 2.45) is 7.05 Å². The van der Waals surface area contributed by atoms with Crippen molar-refractivity contribution in [3.8, 4) is 11.8 Å². The highest BCUT2D eigenvalue weighted by Gasteiger charge is 2.67. The lowest BCUT2D eigenvalue weighted by molar-refractivity contribution is 0.0949. The van der Waals surface area contributed by atoms with Gasteiger partial charge in [-0.2, -0.15) is 5.26 Å². The molecule has 2 aliphatic rings. The Labute approximate surface area is 213 Å². The van der Waals surface area contributed by atoms with E-state index in [0.29, 0.717) is 48.0 Å². The predicted molar refractivity (Wildman–Crippen MR) is 135 cm³/mol. The summed E-state index contributed by atoms with van der Waals surface area (Å²) in [5.41, 5.74) is 1.35. The lowest BCUT2D eigenvalue weighted by Crippen LogP contribution is -2.41. The number of aliphatic hydroxyl groups is 1. The highest BCUT2D eigenvalue weighted by atomic mass is 32.2. The molecule has 1 amide bonds. The van der Waals surface area contributed by atoms with Gasteiger partial charge < -0.3 is 19.7 Å². The first-order chi connectivity index (χ1) is 17.7. The van der Waals surface area contributed by atoms with Crippen LogP contribution in [0.5, 0.6) is 5.75 Å². The van der Waals surface area contributed by atoms with Crippen molar-refractivity contribution < 1.29 is 23.1 Å². The van der Waals surface area contributed by atoms with E-state index in [4.69, 9.17) is 10.00 Å². The van der Waals surface area contributed by atoms with Crippen molar-refractivity contribution in [3.05, 3.63) is 69.6 Å². The number of ether oxygens (including phenoxy) is 1. The number of fused-ring (bicyclic) bond motifs is 1. The summed E-state index contributed by atoms with van der Waals surface area (Å²) in [4.78, 5) is 30.2. The third-order valence-electron chi connectivity index (χ3n) is 7.38. The first kappa shape index (κ1) is 24.9. The number of nitrogens with zero attached hydrogens (tertiary/aromatic N) is 3. The number of amides is 1. The van der Waals surface area contributed by atoms with Crippen molar-refractivity contribution in [2.75, 3.05) is 13.2 Å². The molecule has 0 unspecified atom stereocenters. The number of benzene rings is 1. The second-order valence-electron chi connectivity index (χ2n) is 9.77. The zero-order chi connectivity index (χ0) is 26.4. The summed E-state index contributed by atoms with van der Waals surface area (Å²) in [6, 6.07) is 11.7. The van der Waals surface area contributed by atoms with Gasteiger partial charge in [0.05, 0.1) is 28.5 Å². The van der Waals surface area contributed by atoms with Crippen LogP contribution in [-0.2, 0) is 23.4 Å². The number of hydrogen-bond donors (Lipinski definition) is 2. The van der Waals surface area contributed by atoms with Gasteiger partial charge in [0.25, 0.3) is 11.5 Å². The molecule has 3 aromatic rings. The van der Waals surface area contributed by atoms with Crippen LogP contribution in [0.1, 0.15) is 47.2 Å². The molecule has 0 radical (unpaired) electrons. The van der Waals surface area contributed by atoms with E-state index in [0.717, 1.165) is 5.56 Å². The van der Waals surface area contributed by atoms with Crippen LogP contribution >= 0.6 is 0 Å². The lowest BCUT2D eigenvalue weighted by Gasteiger charge is -2.23. The summed E-state index contributed by atoms with van der Waals surface area (Å²) in [5.74, 6) is -0.272. The molecule has 1 aromatic carbocycles. The molecular formula is C26H26N4O6S. The molecule has 0 spiro atoms. The topological polar surface area (TPSA) is 151 Å². The van der Waals surface area contributed by atoms with E-state index in [9.17, 15) is 23.1 Å². The Balaban J connectivity index is 1.37. The molecule has 2 fully saturated rings. The van der Waals surface area contributed by atoms with Gasteiger partial charge in [-0.3, -0.25) is 14.6 Å². The highest BCUT2D eigenvalue weighted by molar-refractivity contribution is 7.94. The van der Waals surface area contributed by atoms with Crippen LogP contribution in [0.2, 0.25) is 0 Å². The minimum Gasteiger partial charge on any atom is -0.490 e. The highest BCUT2D eigenvalue weighted by Crippen LogP contribution is 2.56. The number of carbonyl (C=O) groups excluding carboxylic acids is 1. The molecular weight excluding hydrogens is 496 g/mol. The molecule has 2 heterocycles. The van der Waals surface area contributed by atoms with E-state index in [1.807, 2.05) is 6.07 Å². The number of pyridine rings is 2. The number of rotatable bonds is 9. The van der Waals surface area contributed by atoms with Crippen LogP contribution < -0.4 is 15.6 Å². The summed E-state index contributed by atoms with van der Waals surface area (Å²) in [5, 5.41) is 21.3. The van der Waals surface area contributed by atoms with Gasteiger partial charge in [-0.05, 0) is 49.4 Å². The normalized spacial score (nSPS) is 17.1. The molecule has 2 aromatic heterocycles. The van der Waals surface area contributed by atoms with Crippen molar-refractivity contribution in [1.82, 2.24) is 14.9 Å². The molecule has 10 nitrogen and oxygen atoms in total. The number of sulfone groups is 1. The van der Waals surface area contributed by atoms with Crippen molar-refractivity contribution >= 4 is 26.8 Å². The Bertz CT molecular complexity index is 1600. The summed E-state index contributed by atoms with van der Waals surface area (Å²) >= 11 is 0. The monoisotopic (exact) mass is 522 g/mol. The number of carbonyl (C=O) groups is 1. The molecule has 0 bridgehead atoms. The van der Waals surface area contributed by atoms with Crippen LogP contribution in [0.15, 0.2) is 47.4 Å². The van der Waals surface area contributed by atoms with E-state index >= 15 is 0 Å². The Morgan fingerprint density at radius 2 is 1.86 bits per heavy atom. The maximum absolute atomic E-state index is 13.2. The Morgan fingerprint density at radius 1 is 1.19 bits per heavy atom. The fourth-order valence-electron chi connectivity index (χ4n) is 4.58. The zero-order valence-electron chi connectivity index (χ0n) is 20.2. The van der Waals surface area contributed by atoms with Crippen molar-refractivity contribution in [2.45, 2.75) is 41.7 Å². The van der Waals surface area contributed by atoms with E-state index in [-0.39, 0.29) is 25.3 Å². The van der Waals surface area contributed by atoms with Crippen molar-refractivity contribution in [3.63, 3.8) is 0 Å². The average Bonchev–Trinajstić information content (AvgIpc) is 3.83. The van der Waals surface area contributed by atoms with Gasteiger partial charge in [-0.15, -0.1) is 0 Å². The quantitative estimate of drug-likeness (QED) is 0.430. The molecule has 2 saturated carbocycles. The Morgan fingerprint density at radius 3 is 2.46 bits per heavy atom. The molecule has 0 saturated heterocycles. The molecule has 37 heavy (non-hydrogen) atoms.